The van der Waals surface area contributed by atoms with Crippen LogP contribution < -0.4 is 10.5 Å². The maximum atomic E-state index is 8.85. The lowest BCUT2D eigenvalue weighted by molar-refractivity contribution is 0.318. The molecule has 2 aromatic rings. The summed E-state index contributed by atoms with van der Waals surface area (Å²) >= 11 is 5.98. The zero-order valence-electron chi connectivity index (χ0n) is 11.2. The molecule has 20 heavy (non-hydrogen) atoms. The van der Waals surface area contributed by atoms with Crippen molar-refractivity contribution >= 4 is 17.4 Å². The van der Waals surface area contributed by atoms with E-state index in [1.165, 1.54) is 0 Å². The second kappa shape index (κ2) is 5.84. The van der Waals surface area contributed by atoms with Gasteiger partial charge in [-0.3, -0.25) is 0 Å². The number of benzene rings is 2. The Morgan fingerprint density at radius 1 is 1.20 bits per heavy atom. The first-order valence-corrected chi connectivity index (χ1v) is 6.42. The molecule has 0 aliphatic rings. The SMILES string of the molecule is Cc1ccc(Cl)cc1Oc1c(C)cccc1/C(N)=N/O. The Bertz CT molecular complexity index is 669. The summed E-state index contributed by atoms with van der Waals surface area (Å²) in [6.45, 7) is 3.82. The van der Waals surface area contributed by atoms with Crippen molar-refractivity contribution in [2.45, 2.75) is 13.8 Å². The summed E-state index contributed by atoms with van der Waals surface area (Å²) in [5.74, 6) is 1.19. The van der Waals surface area contributed by atoms with Gasteiger partial charge in [0.2, 0.25) is 0 Å². The molecule has 0 atom stereocenters. The van der Waals surface area contributed by atoms with Crippen molar-refractivity contribution < 1.29 is 9.94 Å². The highest BCUT2D eigenvalue weighted by atomic mass is 35.5. The van der Waals surface area contributed by atoms with Crippen LogP contribution in [0.25, 0.3) is 0 Å². The molecule has 0 amide bonds. The van der Waals surface area contributed by atoms with E-state index in [4.69, 9.17) is 27.3 Å². The summed E-state index contributed by atoms with van der Waals surface area (Å²) in [4.78, 5) is 0. The number of amidine groups is 1. The van der Waals surface area contributed by atoms with Gasteiger partial charge in [0.1, 0.15) is 11.5 Å². The highest BCUT2D eigenvalue weighted by Crippen LogP contribution is 2.32. The fourth-order valence-electron chi connectivity index (χ4n) is 1.84. The zero-order valence-corrected chi connectivity index (χ0v) is 12.0. The average molecular weight is 291 g/mol. The van der Waals surface area contributed by atoms with Gasteiger partial charge in [0.15, 0.2) is 5.84 Å². The Hall–Kier alpha value is -2.20. The van der Waals surface area contributed by atoms with Crippen LogP contribution in [-0.4, -0.2) is 11.0 Å². The summed E-state index contributed by atoms with van der Waals surface area (Å²) in [7, 11) is 0. The highest BCUT2D eigenvalue weighted by molar-refractivity contribution is 6.30. The lowest BCUT2D eigenvalue weighted by Gasteiger charge is -2.14. The van der Waals surface area contributed by atoms with Gasteiger partial charge in [0, 0.05) is 5.02 Å². The molecule has 104 valence electrons. The fraction of sp³-hybridized carbons (Fsp3) is 0.133. The third-order valence-electron chi connectivity index (χ3n) is 2.96. The Morgan fingerprint density at radius 2 is 1.95 bits per heavy atom. The van der Waals surface area contributed by atoms with Gasteiger partial charge in [-0.15, -0.1) is 0 Å². The maximum absolute atomic E-state index is 8.85. The van der Waals surface area contributed by atoms with E-state index in [2.05, 4.69) is 5.16 Å². The van der Waals surface area contributed by atoms with E-state index < -0.39 is 0 Å². The minimum Gasteiger partial charge on any atom is -0.456 e. The van der Waals surface area contributed by atoms with E-state index in [0.29, 0.717) is 22.1 Å². The molecule has 0 saturated carbocycles. The van der Waals surface area contributed by atoms with Crippen molar-refractivity contribution in [1.29, 1.82) is 0 Å². The molecule has 0 radical (unpaired) electrons. The molecule has 2 rings (SSSR count). The van der Waals surface area contributed by atoms with Crippen molar-refractivity contribution in [1.82, 2.24) is 0 Å². The van der Waals surface area contributed by atoms with Crippen LogP contribution in [0.15, 0.2) is 41.6 Å². The topological polar surface area (TPSA) is 67.8 Å². The Morgan fingerprint density at radius 3 is 2.65 bits per heavy atom. The Labute approximate surface area is 122 Å². The van der Waals surface area contributed by atoms with Crippen molar-refractivity contribution in [2.24, 2.45) is 10.9 Å². The van der Waals surface area contributed by atoms with Gasteiger partial charge in [-0.1, -0.05) is 35.0 Å². The van der Waals surface area contributed by atoms with Crippen LogP contribution in [-0.2, 0) is 0 Å². The van der Waals surface area contributed by atoms with Crippen molar-refractivity contribution in [3.05, 3.63) is 58.1 Å². The molecule has 0 aliphatic carbocycles. The Kier molecular flexibility index (Phi) is 4.15. The first-order chi connectivity index (χ1) is 9.52. The first kappa shape index (κ1) is 14.2. The van der Waals surface area contributed by atoms with Crippen LogP contribution in [0.5, 0.6) is 11.5 Å². The molecule has 0 aromatic heterocycles. The lowest BCUT2D eigenvalue weighted by Crippen LogP contribution is -2.14. The molecule has 0 spiro atoms. The molecule has 5 heteroatoms. The number of hydrogen-bond donors (Lipinski definition) is 2. The van der Waals surface area contributed by atoms with E-state index in [1.807, 2.05) is 32.0 Å². The lowest BCUT2D eigenvalue weighted by atomic mass is 10.1. The molecule has 3 N–H and O–H groups in total. The molecule has 0 fully saturated rings. The normalized spacial score (nSPS) is 11.4. The van der Waals surface area contributed by atoms with Crippen LogP contribution in [0.2, 0.25) is 5.02 Å². The smallest absolute Gasteiger partial charge is 0.173 e. The van der Waals surface area contributed by atoms with Gasteiger partial charge in [0.25, 0.3) is 0 Å². The van der Waals surface area contributed by atoms with Gasteiger partial charge in [-0.25, -0.2) is 0 Å². The maximum Gasteiger partial charge on any atom is 0.173 e. The molecular formula is C15H15ClN2O2. The van der Waals surface area contributed by atoms with Crippen molar-refractivity contribution in [3.63, 3.8) is 0 Å². The number of nitrogens with two attached hydrogens (primary N) is 1. The van der Waals surface area contributed by atoms with Crippen molar-refractivity contribution in [2.75, 3.05) is 0 Å². The summed E-state index contributed by atoms with van der Waals surface area (Å²) in [5.41, 5.74) is 8.04. The molecule has 0 bridgehead atoms. The van der Waals surface area contributed by atoms with Gasteiger partial charge in [0.05, 0.1) is 5.56 Å². The predicted molar refractivity (Wildman–Crippen MR) is 80.0 cm³/mol. The number of nitrogens with zero attached hydrogens (tertiary/aromatic N) is 1. The van der Waals surface area contributed by atoms with Crippen molar-refractivity contribution in [3.8, 4) is 11.5 Å². The minimum absolute atomic E-state index is 0.00313. The van der Waals surface area contributed by atoms with Gasteiger partial charge in [-0.05, 0) is 43.2 Å². The molecule has 0 heterocycles. The number of hydrogen-bond acceptors (Lipinski definition) is 3. The average Bonchev–Trinajstić information content (AvgIpc) is 2.44. The number of para-hydroxylation sites is 1. The quantitative estimate of drug-likeness (QED) is 0.390. The molecule has 2 aromatic carbocycles. The number of rotatable bonds is 3. The van der Waals surface area contributed by atoms with E-state index in [-0.39, 0.29) is 5.84 Å². The summed E-state index contributed by atoms with van der Waals surface area (Å²) in [5, 5.41) is 12.5. The summed E-state index contributed by atoms with van der Waals surface area (Å²) in [6, 6.07) is 10.9. The van der Waals surface area contributed by atoms with Crippen LogP contribution in [0.1, 0.15) is 16.7 Å². The minimum atomic E-state index is 0.00313. The summed E-state index contributed by atoms with van der Waals surface area (Å²) in [6.07, 6.45) is 0. The third kappa shape index (κ3) is 2.86. The molecule has 0 saturated heterocycles. The second-order valence-electron chi connectivity index (χ2n) is 4.45. The van der Waals surface area contributed by atoms with Crippen LogP contribution in [0.4, 0.5) is 0 Å². The second-order valence-corrected chi connectivity index (χ2v) is 4.89. The van der Waals surface area contributed by atoms with Crippen LogP contribution in [0.3, 0.4) is 0 Å². The van der Waals surface area contributed by atoms with Gasteiger partial charge >= 0.3 is 0 Å². The monoisotopic (exact) mass is 290 g/mol. The van der Waals surface area contributed by atoms with Gasteiger partial charge < -0.3 is 15.7 Å². The van der Waals surface area contributed by atoms with Crippen LogP contribution in [0, 0.1) is 13.8 Å². The molecule has 0 unspecified atom stereocenters. The van der Waals surface area contributed by atoms with E-state index in [0.717, 1.165) is 11.1 Å². The third-order valence-corrected chi connectivity index (χ3v) is 3.19. The number of oxime groups is 1. The standard InChI is InChI=1S/C15H15ClN2O2/c1-9-6-7-11(16)8-13(9)20-14-10(2)4-3-5-12(14)15(17)18-19/h3-8,19H,1-2H3,(H2,17,18). The van der Waals surface area contributed by atoms with E-state index >= 15 is 0 Å². The first-order valence-electron chi connectivity index (χ1n) is 6.04. The fourth-order valence-corrected chi connectivity index (χ4v) is 2.00. The van der Waals surface area contributed by atoms with E-state index in [1.54, 1.807) is 18.2 Å². The number of ether oxygens (including phenoxy) is 1. The zero-order chi connectivity index (χ0) is 14.7. The Balaban J connectivity index is 2.50. The number of aryl methyl sites for hydroxylation is 2. The molecule has 0 aliphatic heterocycles. The van der Waals surface area contributed by atoms with Gasteiger partial charge in [-0.2, -0.15) is 0 Å². The molecule has 4 nitrogen and oxygen atoms in total. The largest absolute Gasteiger partial charge is 0.456 e. The highest BCUT2D eigenvalue weighted by Gasteiger charge is 2.13. The van der Waals surface area contributed by atoms with Crippen LogP contribution >= 0.6 is 11.6 Å². The van der Waals surface area contributed by atoms with E-state index in [9.17, 15) is 0 Å². The predicted octanol–water partition coefficient (Wildman–Crippen LogP) is 3.84. The molecular weight excluding hydrogens is 276 g/mol. The number of halogens is 1. The summed E-state index contributed by atoms with van der Waals surface area (Å²) < 4.78 is 5.92.